The van der Waals surface area contributed by atoms with Crippen LogP contribution in [0.5, 0.6) is 0 Å². The van der Waals surface area contributed by atoms with Crippen molar-refractivity contribution >= 4 is 21.7 Å². The van der Waals surface area contributed by atoms with Crippen LogP contribution in [0.3, 0.4) is 0 Å². The molecule has 0 radical (unpaired) electrons. The predicted molar refractivity (Wildman–Crippen MR) is 60.5 cm³/mol. The van der Waals surface area contributed by atoms with Crippen molar-refractivity contribution in [2.45, 2.75) is 27.2 Å². The normalized spacial score (nSPS) is 10.6. The Morgan fingerprint density at radius 1 is 1.50 bits per heavy atom. The third kappa shape index (κ3) is 2.91. The Kier molecular flexibility index (Phi) is 3.81. The average molecular weight is 256 g/mol. The van der Waals surface area contributed by atoms with E-state index in [9.17, 15) is 4.79 Å². The molecule has 76 valence electrons. The lowest BCUT2D eigenvalue weighted by Crippen LogP contribution is -2.06. The molecule has 0 saturated heterocycles. The van der Waals surface area contributed by atoms with Gasteiger partial charge in [-0.2, -0.15) is 0 Å². The van der Waals surface area contributed by atoms with Gasteiger partial charge >= 0.3 is 0 Å². The molecule has 0 fully saturated rings. The van der Waals surface area contributed by atoms with E-state index < -0.39 is 0 Å². The van der Waals surface area contributed by atoms with Crippen molar-refractivity contribution < 1.29 is 4.79 Å². The summed E-state index contributed by atoms with van der Waals surface area (Å²) in [5.74, 6) is 0.504. The molecule has 1 heterocycles. The highest BCUT2D eigenvalue weighted by Gasteiger charge is 2.10. The van der Waals surface area contributed by atoms with E-state index in [2.05, 4.69) is 20.9 Å². The maximum Gasteiger partial charge on any atom is 0.181 e. The fourth-order valence-electron chi connectivity index (χ4n) is 1.17. The monoisotopic (exact) mass is 255 g/mol. The number of ketones is 1. The van der Waals surface area contributed by atoms with E-state index >= 15 is 0 Å². The van der Waals surface area contributed by atoms with Crippen molar-refractivity contribution in [3.05, 3.63) is 28.0 Å². The summed E-state index contributed by atoms with van der Waals surface area (Å²) in [5, 5.41) is 0. The lowest BCUT2D eigenvalue weighted by atomic mass is 10.0. The quantitative estimate of drug-likeness (QED) is 0.776. The Hall–Kier alpha value is -0.700. The number of carbonyl (C=O) groups excluding carboxylic acids is 1. The van der Waals surface area contributed by atoms with Crippen molar-refractivity contribution in [1.29, 1.82) is 0 Å². The Balaban J connectivity index is 2.86. The molecule has 0 unspecified atom stereocenters. The fourth-order valence-corrected chi connectivity index (χ4v) is 1.40. The molecule has 1 aromatic rings. The third-order valence-electron chi connectivity index (χ3n) is 1.90. The Labute approximate surface area is 92.9 Å². The summed E-state index contributed by atoms with van der Waals surface area (Å²) < 4.78 is 0.943. The number of rotatable bonds is 3. The molecule has 0 aliphatic heterocycles. The lowest BCUT2D eigenvalue weighted by Gasteiger charge is -2.04. The van der Waals surface area contributed by atoms with E-state index in [0.717, 1.165) is 10.2 Å². The van der Waals surface area contributed by atoms with Crippen molar-refractivity contribution in [3.8, 4) is 0 Å². The minimum atomic E-state index is 0.121. The topological polar surface area (TPSA) is 30.0 Å². The Bertz CT molecular complexity index is 347. The van der Waals surface area contributed by atoms with Crippen LogP contribution < -0.4 is 0 Å². The van der Waals surface area contributed by atoms with Gasteiger partial charge in [-0.1, -0.05) is 13.8 Å². The first-order valence-corrected chi connectivity index (χ1v) is 5.46. The van der Waals surface area contributed by atoms with Crippen molar-refractivity contribution in [1.82, 2.24) is 4.98 Å². The first-order valence-electron chi connectivity index (χ1n) is 4.67. The van der Waals surface area contributed by atoms with Gasteiger partial charge in [0.25, 0.3) is 0 Å². The predicted octanol–water partition coefficient (Wildman–Crippen LogP) is 3.38. The van der Waals surface area contributed by atoms with Crippen molar-refractivity contribution in [2.75, 3.05) is 0 Å². The zero-order valence-corrected chi connectivity index (χ0v) is 10.3. The molecule has 0 atom stereocenters. The summed E-state index contributed by atoms with van der Waals surface area (Å²) in [7, 11) is 0. The largest absolute Gasteiger partial charge is 0.292 e. The lowest BCUT2D eigenvalue weighted by molar-refractivity contribution is 0.0963. The van der Waals surface area contributed by atoms with Gasteiger partial charge in [-0.05, 0) is 40.9 Å². The highest BCUT2D eigenvalue weighted by atomic mass is 79.9. The minimum Gasteiger partial charge on any atom is -0.292 e. The molecule has 0 amide bonds. The number of hydrogen-bond acceptors (Lipinski definition) is 2. The van der Waals surface area contributed by atoms with E-state index in [1.54, 1.807) is 6.07 Å². The number of carbonyl (C=O) groups is 1. The third-order valence-corrected chi connectivity index (χ3v) is 2.74. The van der Waals surface area contributed by atoms with Crippen LogP contribution in [-0.4, -0.2) is 10.8 Å². The van der Waals surface area contributed by atoms with Gasteiger partial charge in [0.05, 0.1) is 5.69 Å². The molecular formula is C11H14BrNO. The van der Waals surface area contributed by atoms with E-state index in [0.29, 0.717) is 18.0 Å². The second-order valence-corrected chi connectivity index (χ2v) is 4.64. The van der Waals surface area contributed by atoms with Crippen LogP contribution in [0.25, 0.3) is 0 Å². The minimum absolute atomic E-state index is 0.121. The molecule has 0 aromatic carbocycles. The average Bonchev–Trinajstić information content (AvgIpc) is 2.08. The molecule has 1 aromatic heterocycles. The summed E-state index contributed by atoms with van der Waals surface area (Å²) in [4.78, 5) is 15.9. The van der Waals surface area contributed by atoms with E-state index in [1.165, 1.54) is 0 Å². The van der Waals surface area contributed by atoms with Crippen LogP contribution in [0.4, 0.5) is 0 Å². The molecule has 3 heteroatoms. The van der Waals surface area contributed by atoms with Gasteiger partial charge in [0.15, 0.2) is 5.78 Å². The number of aryl methyl sites for hydroxylation is 1. The van der Waals surface area contributed by atoms with Crippen LogP contribution in [0.1, 0.15) is 36.5 Å². The van der Waals surface area contributed by atoms with Gasteiger partial charge in [-0.15, -0.1) is 0 Å². The zero-order valence-electron chi connectivity index (χ0n) is 8.67. The maximum atomic E-state index is 11.6. The number of aromatic nitrogens is 1. The SMILES string of the molecule is Cc1nc(C(=O)CC(C)C)ccc1Br. The van der Waals surface area contributed by atoms with Crippen LogP contribution in [0.2, 0.25) is 0 Å². The molecule has 1 rings (SSSR count). The molecular weight excluding hydrogens is 242 g/mol. The Morgan fingerprint density at radius 2 is 2.14 bits per heavy atom. The van der Waals surface area contributed by atoms with Gasteiger partial charge in [0.1, 0.15) is 5.69 Å². The summed E-state index contributed by atoms with van der Waals surface area (Å²) in [6.45, 7) is 5.95. The van der Waals surface area contributed by atoms with Crippen LogP contribution in [-0.2, 0) is 0 Å². The van der Waals surface area contributed by atoms with Gasteiger partial charge in [0, 0.05) is 10.9 Å². The van der Waals surface area contributed by atoms with Gasteiger partial charge < -0.3 is 0 Å². The number of pyridine rings is 1. The van der Waals surface area contributed by atoms with Gasteiger partial charge in [-0.3, -0.25) is 4.79 Å². The molecule has 0 saturated carbocycles. The van der Waals surface area contributed by atoms with E-state index in [1.807, 2.05) is 26.8 Å². The fraction of sp³-hybridized carbons (Fsp3) is 0.455. The van der Waals surface area contributed by atoms with Crippen LogP contribution >= 0.6 is 15.9 Å². The second-order valence-electron chi connectivity index (χ2n) is 3.78. The smallest absolute Gasteiger partial charge is 0.181 e. The molecule has 0 bridgehead atoms. The molecule has 0 spiro atoms. The number of hydrogen-bond donors (Lipinski definition) is 0. The summed E-state index contributed by atoms with van der Waals surface area (Å²) >= 11 is 3.36. The summed E-state index contributed by atoms with van der Waals surface area (Å²) in [6, 6.07) is 3.64. The Morgan fingerprint density at radius 3 is 2.64 bits per heavy atom. The molecule has 0 aliphatic rings. The summed E-state index contributed by atoms with van der Waals surface area (Å²) in [5.41, 5.74) is 1.43. The first kappa shape index (κ1) is 11.4. The standard InChI is InChI=1S/C11H14BrNO/c1-7(2)6-11(14)10-5-4-9(12)8(3)13-10/h4-5,7H,6H2,1-3H3. The first-order chi connectivity index (χ1) is 6.50. The van der Waals surface area contributed by atoms with E-state index in [4.69, 9.17) is 0 Å². The molecule has 0 aliphatic carbocycles. The van der Waals surface area contributed by atoms with Gasteiger partial charge in [-0.25, -0.2) is 4.98 Å². The van der Waals surface area contributed by atoms with Crippen LogP contribution in [0.15, 0.2) is 16.6 Å². The van der Waals surface area contributed by atoms with Crippen molar-refractivity contribution in [3.63, 3.8) is 0 Å². The number of halogens is 1. The molecule has 0 N–H and O–H groups in total. The van der Waals surface area contributed by atoms with E-state index in [-0.39, 0.29) is 5.78 Å². The highest BCUT2D eigenvalue weighted by molar-refractivity contribution is 9.10. The van der Waals surface area contributed by atoms with Crippen LogP contribution in [0, 0.1) is 12.8 Å². The molecule has 14 heavy (non-hydrogen) atoms. The second kappa shape index (κ2) is 4.69. The number of Topliss-reactive ketones (excluding diaryl/α,β-unsaturated/α-hetero) is 1. The highest BCUT2D eigenvalue weighted by Crippen LogP contribution is 2.15. The zero-order chi connectivity index (χ0) is 10.7. The van der Waals surface area contributed by atoms with Crippen molar-refractivity contribution in [2.24, 2.45) is 5.92 Å². The maximum absolute atomic E-state index is 11.6. The number of nitrogens with zero attached hydrogens (tertiary/aromatic N) is 1. The van der Waals surface area contributed by atoms with Gasteiger partial charge in [0.2, 0.25) is 0 Å². The summed E-state index contributed by atoms with van der Waals surface area (Å²) in [6.07, 6.45) is 0.564. The molecule has 2 nitrogen and oxygen atoms in total.